The maximum Gasteiger partial charge on any atom is 0.292 e. The Kier molecular flexibility index (Phi) is 7.56. The normalized spacial score (nSPS) is 18.8. The maximum absolute atomic E-state index is 12.4. The van der Waals surface area contributed by atoms with E-state index >= 15 is 0 Å². The highest BCUT2D eigenvalue weighted by atomic mass is 32.2. The first-order valence-electron chi connectivity index (χ1n) is 11.1. The van der Waals surface area contributed by atoms with E-state index in [4.69, 9.17) is 10.2 Å². The number of likely N-dealkylation sites (N-methyl/N-ethyl adjacent to an activating group) is 1. The number of amides is 1. The number of hydrogen-bond donors (Lipinski definition) is 2. The first-order valence-corrected chi connectivity index (χ1v) is 12.1. The van der Waals surface area contributed by atoms with Gasteiger partial charge in [-0.15, -0.1) is 0 Å². The van der Waals surface area contributed by atoms with Gasteiger partial charge in [0.05, 0.1) is 0 Å². The minimum absolute atomic E-state index is 0.0140. The van der Waals surface area contributed by atoms with Crippen LogP contribution in [0.25, 0.3) is 0 Å². The molecule has 32 heavy (non-hydrogen) atoms. The van der Waals surface area contributed by atoms with Crippen LogP contribution < -0.4 is 16.0 Å². The summed E-state index contributed by atoms with van der Waals surface area (Å²) in [4.78, 5) is 23.7. The molecule has 3 N–H and O–H groups in total. The van der Waals surface area contributed by atoms with Crippen LogP contribution >= 0.6 is 11.9 Å². The van der Waals surface area contributed by atoms with Gasteiger partial charge in [-0.25, -0.2) is 4.31 Å². The van der Waals surface area contributed by atoms with Crippen molar-refractivity contribution in [3.63, 3.8) is 0 Å². The fourth-order valence-electron chi connectivity index (χ4n) is 3.97. The summed E-state index contributed by atoms with van der Waals surface area (Å²) in [5.41, 5.74) is 8.54. The standard InChI is InChI=1S/C22H33N7O2S/c1-17-3-4-18(15-19(17)24-21(30)20-16-31-22(23)25-20)28-9-11-29(12-10-28)32-14-13-27-7-5-26(2)6-8-27/h3-4,15-16H,5-14H2,1-2H3,(H2,23,25)(H,24,30). The molecule has 0 saturated carbocycles. The predicted octanol–water partition coefficient (Wildman–Crippen LogP) is 1.84. The van der Waals surface area contributed by atoms with E-state index in [1.807, 2.05) is 31.0 Å². The molecule has 0 aliphatic carbocycles. The highest BCUT2D eigenvalue weighted by Crippen LogP contribution is 2.26. The summed E-state index contributed by atoms with van der Waals surface area (Å²) in [7, 11) is 2.20. The zero-order chi connectivity index (χ0) is 22.5. The number of anilines is 3. The van der Waals surface area contributed by atoms with Crippen LogP contribution in [0.1, 0.15) is 16.1 Å². The zero-order valence-corrected chi connectivity index (χ0v) is 19.7. The van der Waals surface area contributed by atoms with Gasteiger partial charge in [-0.1, -0.05) is 18.0 Å². The molecule has 2 aliphatic rings. The minimum Gasteiger partial charge on any atom is -0.431 e. The highest BCUT2D eigenvalue weighted by molar-refractivity contribution is 7.97. The number of aromatic nitrogens is 1. The van der Waals surface area contributed by atoms with E-state index in [0.29, 0.717) is 0 Å². The largest absolute Gasteiger partial charge is 0.431 e. The molecule has 0 spiro atoms. The lowest BCUT2D eigenvalue weighted by atomic mass is 10.1. The quantitative estimate of drug-likeness (QED) is 0.602. The van der Waals surface area contributed by atoms with Crippen LogP contribution in [0.4, 0.5) is 17.4 Å². The summed E-state index contributed by atoms with van der Waals surface area (Å²) in [6.07, 6.45) is 1.27. The highest BCUT2D eigenvalue weighted by Gasteiger charge is 2.20. The van der Waals surface area contributed by atoms with E-state index in [1.54, 1.807) is 0 Å². The van der Waals surface area contributed by atoms with Gasteiger partial charge in [0.25, 0.3) is 11.9 Å². The number of piperazine rings is 2. The number of benzene rings is 1. The molecule has 3 heterocycles. The Morgan fingerprint density at radius 2 is 1.91 bits per heavy atom. The SMILES string of the molecule is Cc1ccc(N2CCN(SCCN3CCN(C)CC3)CC2)cc1NC(=O)c1coc(N)n1. The molecule has 0 radical (unpaired) electrons. The number of nitrogens with zero attached hydrogens (tertiary/aromatic N) is 5. The number of oxazole rings is 1. The number of nitrogens with two attached hydrogens (primary N) is 1. The van der Waals surface area contributed by atoms with Gasteiger partial charge in [0.1, 0.15) is 6.26 Å². The maximum atomic E-state index is 12.4. The summed E-state index contributed by atoms with van der Waals surface area (Å²) in [6.45, 7) is 11.9. The van der Waals surface area contributed by atoms with Crippen LogP contribution in [0.5, 0.6) is 0 Å². The van der Waals surface area contributed by atoms with Crippen LogP contribution in [0.3, 0.4) is 0 Å². The number of nitrogens with one attached hydrogen (secondary N) is 1. The molecule has 0 atom stereocenters. The predicted molar refractivity (Wildman–Crippen MR) is 130 cm³/mol. The van der Waals surface area contributed by atoms with Crippen molar-refractivity contribution < 1.29 is 9.21 Å². The Labute approximate surface area is 194 Å². The van der Waals surface area contributed by atoms with Gasteiger partial charge < -0.3 is 25.3 Å². The van der Waals surface area contributed by atoms with E-state index in [1.165, 1.54) is 32.4 Å². The van der Waals surface area contributed by atoms with Crippen molar-refractivity contribution in [1.82, 2.24) is 19.1 Å². The Bertz CT molecular complexity index is 905. The van der Waals surface area contributed by atoms with Gasteiger partial charge in [0.2, 0.25) is 0 Å². The molecule has 4 rings (SSSR count). The smallest absolute Gasteiger partial charge is 0.292 e. The molecule has 10 heteroatoms. The number of carbonyl (C=O) groups is 1. The molecular formula is C22H33N7O2S. The van der Waals surface area contributed by atoms with Gasteiger partial charge in [0.15, 0.2) is 5.69 Å². The van der Waals surface area contributed by atoms with Crippen LogP contribution in [-0.2, 0) is 0 Å². The lowest BCUT2D eigenvalue weighted by molar-refractivity contribution is 0.102. The van der Waals surface area contributed by atoms with Crippen molar-refractivity contribution >= 4 is 35.2 Å². The summed E-state index contributed by atoms with van der Waals surface area (Å²) >= 11 is 1.97. The molecule has 1 amide bonds. The van der Waals surface area contributed by atoms with Gasteiger partial charge in [-0.05, 0) is 31.7 Å². The molecule has 174 valence electrons. The average molecular weight is 460 g/mol. The van der Waals surface area contributed by atoms with Crippen molar-refractivity contribution in [3.05, 3.63) is 35.7 Å². The molecule has 1 aromatic heterocycles. The van der Waals surface area contributed by atoms with Gasteiger partial charge in [0, 0.05) is 76.0 Å². The van der Waals surface area contributed by atoms with E-state index in [0.717, 1.165) is 55.4 Å². The molecule has 2 aromatic rings. The lowest BCUT2D eigenvalue weighted by Crippen LogP contribution is -2.46. The number of rotatable bonds is 7. The summed E-state index contributed by atoms with van der Waals surface area (Å²) < 4.78 is 7.42. The van der Waals surface area contributed by atoms with Gasteiger partial charge in [-0.3, -0.25) is 9.69 Å². The van der Waals surface area contributed by atoms with Crippen molar-refractivity contribution in [2.24, 2.45) is 0 Å². The molecule has 2 saturated heterocycles. The third-order valence-electron chi connectivity index (χ3n) is 6.10. The fraction of sp³-hybridized carbons (Fsp3) is 0.545. The fourth-order valence-corrected chi connectivity index (χ4v) is 4.99. The van der Waals surface area contributed by atoms with Crippen LogP contribution in [0.2, 0.25) is 0 Å². The Hall–Kier alpha value is -2.27. The van der Waals surface area contributed by atoms with Crippen LogP contribution in [0, 0.1) is 6.92 Å². The number of hydrogen-bond acceptors (Lipinski definition) is 9. The minimum atomic E-state index is -0.327. The van der Waals surface area contributed by atoms with Gasteiger partial charge in [-0.2, -0.15) is 4.98 Å². The summed E-state index contributed by atoms with van der Waals surface area (Å²) in [5.74, 6) is 0.823. The molecule has 1 aromatic carbocycles. The second kappa shape index (κ2) is 10.6. The second-order valence-electron chi connectivity index (χ2n) is 8.42. The Balaban J connectivity index is 1.25. The van der Waals surface area contributed by atoms with Crippen LogP contribution in [0.15, 0.2) is 28.9 Å². The molecule has 2 aliphatic heterocycles. The monoisotopic (exact) mass is 459 g/mol. The molecule has 2 fully saturated rings. The number of carbonyl (C=O) groups excluding carboxylic acids is 1. The van der Waals surface area contributed by atoms with Gasteiger partial charge >= 0.3 is 0 Å². The van der Waals surface area contributed by atoms with Crippen molar-refractivity contribution in [2.75, 3.05) is 87.7 Å². The molecule has 0 unspecified atom stereocenters. The third kappa shape index (κ3) is 5.94. The summed E-state index contributed by atoms with van der Waals surface area (Å²) in [5, 5.41) is 2.92. The second-order valence-corrected chi connectivity index (χ2v) is 9.60. The van der Waals surface area contributed by atoms with E-state index in [-0.39, 0.29) is 17.6 Å². The van der Waals surface area contributed by atoms with E-state index < -0.39 is 0 Å². The van der Waals surface area contributed by atoms with Crippen molar-refractivity contribution in [3.8, 4) is 0 Å². The lowest BCUT2D eigenvalue weighted by Gasteiger charge is -2.36. The van der Waals surface area contributed by atoms with E-state index in [9.17, 15) is 4.79 Å². The third-order valence-corrected chi connectivity index (χ3v) is 7.20. The number of aryl methyl sites for hydroxylation is 1. The van der Waals surface area contributed by atoms with E-state index in [2.05, 4.69) is 42.4 Å². The number of nitrogen functional groups attached to an aromatic ring is 1. The van der Waals surface area contributed by atoms with Crippen molar-refractivity contribution in [1.29, 1.82) is 0 Å². The first kappa shape index (κ1) is 22.9. The zero-order valence-electron chi connectivity index (χ0n) is 18.9. The molecule has 9 nitrogen and oxygen atoms in total. The Morgan fingerprint density at radius 1 is 1.16 bits per heavy atom. The van der Waals surface area contributed by atoms with Crippen LogP contribution in [-0.4, -0.2) is 96.7 Å². The molecular weight excluding hydrogens is 426 g/mol. The summed E-state index contributed by atoms with van der Waals surface area (Å²) in [6, 6.07) is 6.18. The average Bonchev–Trinajstić information content (AvgIpc) is 3.24. The topological polar surface area (TPSA) is 94.1 Å². The Morgan fingerprint density at radius 3 is 2.59 bits per heavy atom. The van der Waals surface area contributed by atoms with Crippen molar-refractivity contribution in [2.45, 2.75) is 6.92 Å². The first-order chi connectivity index (χ1) is 15.5. The molecule has 0 bridgehead atoms.